The number of hydrogen-bond acceptors (Lipinski definition) is 3. The predicted octanol–water partition coefficient (Wildman–Crippen LogP) is 17.5. The molecule has 0 atom stereocenters. The highest BCUT2D eigenvalue weighted by Crippen LogP contribution is 2.51. The number of nitrogens with zero attached hydrogens (tertiary/aromatic N) is 2. The molecule has 13 rings (SSSR count). The van der Waals surface area contributed by atoms with Crippen molar-refractivity contribution >= 4 is 99.2 Å². The molecule has 0 saturated carbocycles. The van der Waals surface area contributed by atoms with Crippen molar-refractivity contribution in [1.82, 2.24) is 0 Å². The van der Waals surface area contributed by atoms with Gasteiger partial charge in [-0.25, -0.2) is 4.39 Å². The first kappa shape index (κ1) is 36.2. The highest BCUT2D eigenvalue weighted by molar-refractivity contribution is 6.29. The molecule has 0 spiro atoms. The molecule has 0 aliphatic carbocycles. The van der Waals surface area contributed by atoms with E-state index in [4.69, 9.17) is 4.42 Å². The predicted molar refractivity (Wildman–Crippen MR) is 266 cm³/mol. The Balaban J connectivity index is 1.07. The van der Waals surface area contributed by atoms with Crippen molar-refractivity contribution in [3.63, 3.8) is 0 Å². The van der Waals surface area contributed by atoms with E-state index >= 15 is 4.39 Å². The molecule has 0 fully saturated rings. The average molecular weight is 821 g/mol. The number of hydrogen-bond donors (Lipinski definition) is 0. The van der Waals surface area contributed by atoms with E-state index in [1.165, 1.54) is 0 Å². The Morgan fingerprint density at radius 3 is 1.41 bits per heavy atom. The van der Waals surface area contributed by atoms with Crippen molar-refractivity contribution in [3.8, 4) is 22.3 Å². The fourth-order valence-electron chi connectivity index (χ4n) is 10.2. The van der Waals surface area contributed by atoms with Gasteiger partial charge in [0, 0.05) is 43.9 Å². The second-order valence-corrected chi connectivity index (χ2v) is 16.5. The van der Waals surface area contributed by atoms with Crippen LogP contribution < -0.4 is 9.80 Å². The molecule has 0 bridgehead atoms. The van der Waals surface area contributed by atoms with Gasteiger partial charge in [0.2, 0.25) is 0 Å². The van der Waals surface area contributed by atoms with Crippen LogP contribution in [0.4, 0.5) is 38.5 Å². The lowest BCUT2D eigenvalue weighted by molar-refractivity contribution is 0.630. The molecule has 0 aliphatic heterocycles. The summed E-state index contributed by atoms with van der Waals surface area (Å²) in [5.74, 6) is -0.303. The maximum absolute atomic E-state index is 17.5. The third-order valence-electron chi connectivity index (χ3n) is 13.0. The van der Waals surface area contributed by atoms with Crippen LogP contribution in [0.5, 0.6) is 0 Å². The van der Waals surface area contributed by atoms with Gasteiger partial charge in [-0.05, 0) is 110 Å². The van der Waals surface area contributed by atoms with Crippen LogP contribution in [0, 0.1) is 5.82 Å². The van der Waals surface area contributed by atoms with Crippen molar-refractivity contribution in [1.29, 1.82) is 0 Å². The van der Waals surface area contributed by atoms with Crippen LogP contribution in [0.1, 0.15) is 0 Å². The normalized spacial score (nSPS) is 11.8. The number of halogens is 1. The van der Waals surface area contributed by atoms with Crippen LogP contribution in [-0.2, 0) is 0 Å². The summed E-state index contributed by atoms with van der Waals surface area (Å²) in [5, 5.41) is 11.3. The second-order valence-electron chi connectivity index (χ2n) is 16.5. The van der Waals surface area contributed by atoms with Crippen LogP contribution in [-0.4, -0.2) is 0 Å². The molecule has 300 valence electrons. The zero-order valence-corrected chi connectivity index (χ0v) is 34.5. The SMILES string of the molecule is Fc1cc(-c2ccccc2)cc(-c2ccccc2)c1N(c1ccccc1)c1ccc2ccc3c(N(c4ccccc4)c4ccc5oc6cccc7ccc4c5c76)ccc4ccc1c2c43. The van der Waals surface area contributed by atoms with E-state index in [0.29, 0.717) is 5.69 Å². The minimum atomic E-state index is -0.303. The first-order valence-corrected chi connectivity index (χ1v) is 21.7. The third kappa shape index (κ3) is 5.52. The highest BCUT2D eigenvalue weighted by atomic mass is 19.1. The van der Waals surface area contributed by atoms with Crippen molar-refractivity contribution < 1.29 is 8.81 Å². The van der Waals surface area contributed by atoms with E-state index < -0.39 is 0 Å². The quantitative estimate of drug-likeness (QED) is 0.142. The Morgan fingerprint density at radius 1 is 0.328 bits per heavy atom. The molecular weight excluding hydrogens is 784 g/mol. The van der Waals surface area contributed by atoms with Crippen LogP contribution in [0.3, 0.4) is 0 Å². The molecule has 1 aromatic heterocycles. The highest BCUT2D eigenvalue weighted by Gasteiger charge is 2.27. The summed E-state index contributed by atoms with van der Waals surface area (Å²) in [6.45, 7) is 0. The molecule has 0 unspecified atom stereocenters. The van der Waals surface area contributed by atoms with E-state index in [1.54, 1.807) is 6.07 Å². The van der Waals surface area contributed by atoms with Crippen LogP contribution >= 0.6 is 0 Å². The minimum Gasteiger partial charge on any atom is -0.456 e. The summed E-state index contributed by atoms with van der Waals surface area (Å²) in [6.07, 6.45) is 0. The van der Waals surface area contributed by atoms with Crippen molar-refractivity contribution in [2.24, 2.45) is 0 Å². The zero-order chi connectivity index (χ0) is 42.3. The summed E-state index contributed by atoms with van der Waals surface area (Å²) >= 11 is 0. The molecule has 12 aromatic carbocycles. The summed E-state index contributed by atoms with van der Waals surface area (Å²) in [6, 6.07) is 77.6. The average Bonchev–Trinajstić information content (AvgIpc) is 3.75. The minimum absolute atomic E-state index is 0.303. The van der Waals surface area contributed by atoms with Gasteiger partial charge < -0.3 is 14.2 Å². The standard InChI is InChI=1S/C60H37FN2O/c61-50-37-43(38-14-5-1-6-15-38)36-49(39-16-7-2-8-17-39)60(50)63(45-21-11-4-12-22-45)53-33-28-42-25-29-46-51(32-27-41-26-30-47(53)57(42)56(41)46)62(44-19-9-3-10-20-44)52-34-35-55-59-48(52)31-24-40-18-13-23-54(64-55)58(40)59/h1-37H. The smallest absolute Gasteiger partial charge is 0.148 e. The molecule has 0 amide bonds. The van der Waals surface area contributed by atoms with Crippen LogP contribution in [0.15, 0.2) is 229 Å². The van der Waals surface area contributed by atoms with Gasteiger partial charge in [0.15, 0.2) is 0 Å². The van der Waals surface area contributed by atoms with E-state index in [9.17, 15) is 0 Å². The lowest BCUT2D eigenvalue weighted by Crippen LogP contribution is -2.14. The third-order valence-corrected chi connectivity index (χ3v) is 13.0. The van der Waals surface area contributed by atoms with Gasteiger partial charge in [-0.15, -0.1) is 0 Å². The van der Waals surface area contributed by atoms with Gasteiger partial charge >= 0.3 is 0 Å². The largest absolute Gasteiger partial charge is 0.456 e. The van der Waals surface area contributed by atoms with Crippen molar-refractivity contribution in [2.75, 3.05) is 9.80 Å². The van der Waals surface area contributed by atoms with E-state index in [0.717, 1.165) is 116 Å². The molecular formula is C60H37FN2O. The summed E-state index contributed by atoms with van der Waals surface area (Å²) < 4.78 is 24.0. The molecule has 3 nitrogen and oxygen atoms in total. The van der Waals surface area contributed by atoms with E-state index in [2.05, 4.69) is 161 Å². The Morgan fingerprint density at radius 2 is 0.797 bits per heavy atom. The Bertz CT molecular complexity index is 3850. The lowest BCUT2D eigenvalue weighted by atomic mass is 9.91. The Hall–Kier alpha value is -8.47. The van der Waals surface area contributed by atoms with E-state index in [1.807, 2.05) is 66.7 Å². The lowest BCUT2D eigenvalue weighted by Gasteiger charge is -2.31. The van der Waals surface area contributed by atoms with Crippen molar-refractivity contribution in [3.05, 3.63) is 230 Å². The summed E-state index contributed by atoms with van der Waals surface area (Å²) in [4.78, 5) is 4.51. The van der Waals surface area contributed by atoms with Gasteiger partial charge in [0.1, 0.15) is 17.0 Å². The van der Waals surface area contributed by atoms with Crippen LogP contribution in [0.2, 0.25) is 0 Å². The Labute approximate surface area is 368 Å². The van der Waals surface area contributed by atoms with Gasteiger partial charge in [0.25, 0.3) is 0 Å². The first-order valence-electron chi connectivity index (χ1n) is 21.7. The molecule has 64 heavy (non-hydrogen) atoms. The number of para-hydroxylation sites is 2. The monoisotopic (exact) mass is 820 g/mol. The van der Waals surface area contributed by atoms with Gasteiger partial charge in [-0.3, -0.25) is 0 Å². The molecule has 1 heterocycles. The molecule has 13 aromatic rings. The molecule has 0 radical (unpaired) electrons. The maximum Gasteiger partial charge on any atom is 0.148 e. The van der Waals surface area contributed by atoms with Crippen LogP contribution in [0.25, 0.3) is 87.3 Å². The molecule has 0 aliphatic rings. The first-order chi connectivity index (χ1) is 31.7. The zero-order valence-electron chi connectivity index (χ0n) is 34.5. The molecule has 0 N–H and O–H groups in total. The Kier molecular flexibility index (Phi) is 8.09. The number of anilines is 6. The summed E-state index contributed by atoms with van der Waals surface area (Å²) in [5.41, 5.74) is 10.7. The van der Waals surface area contributed by atoms with Crippen molar-refractivity contribution in [2.45, 2.75) is 0 Å². The topological polar surface area (TPSA) is 19.6 Å². The number of furan rings is 1. The van der Waals surface area contributed by atoms with Gasteiger partial charge in [0.05, 0.1) is 22.7 Å². The fourth-order valence-corrected chi connectivity index (χ4v) is 10.2. The fraction of sp³-hybridized carbons (Fsp3) is 0. The molecule has 4 heteroatoms. The van der Waals surface area contributed by atoms with Gasteiger partial charge in [-0.2, -0.15) is 0 Å². The van der Waals surface area contributed by atoms with E-state index in [-0.39, 0.29) is 5.82 Å². The number of benzene rings is 12. The summed E-state index contributed by atoms with van der Waals surface area (Å²) in [7, 11) is 0. The maximum atomic E-state index is 17.5. The van der Waals surface area contributed by atoms with Gasteiger partial charge in [-0.1, -0.05) is 158 Å². The number of rotatable bonds is 8. The molecule has 0 saturated heterocycles. The second kappa shape index (κ2) is 14.3.